The molecule has 4 rings (SSSR count). The Kier molecular flexibility index (Phi) is 2.75. The zero-order chi connectivity index (χ0) is 14.4. The average molecular weight is 279 g/mol. The number of nitrogens with zero attached hydrogens (tertiary/aromatic N) is 2. The fourth-order valence-electron chi connectivity index (χ4n) is 3.16. The molecule has 1 aliphatic heterocycles. The molecule has 2 aromatic rings. The minimum absolute atomic E-state index is 0.0970. The maximum atomic E-state index is 12.4. The Hall–Kier alpha value is -2.28. The van der Waals surface area contributed by atoms with Gasteiger partial charge in [-0.15, -0.1) is 6.42 Å². The third kappa shape index (κ3) is 2.09. The molecular formula is C17H17N3O. The van der Waals surface area contributed by atoms with Crippen LogP contribution in [-0.4, -0.2) is 27.3 Å². The lowest BCUT2D eigenvalue weighted by atomic mass is 10.2. The second-order valence-electron chi connectivity index (χ2n) is 5.96. The number of hydrogen-bond donors (Lipinski definition) is 1. The van der Waals surface area contributed by atoms with E-state index >= 15 is 0 Å². The van der Waals surface area contributed by atoms with E-state index < -0.39 is 0 Å². The van der Waals surface area contributed by atoms with Crippen LogP contribution in [0.1, 0.15) is 43.1 Å². The van der Waals surface area contributed by atoms with Gasteiger partial charge in [-0.05, 0) is 43.9 Å². The van der Waals surface area contributed by atoms with E-state index in [9.17, 15) is 4.79 Å². The van der Waals surface area contributed by atoms with Crippen molar-refractivity contribution >= 4 is 16.9 Å². The predicted octanol–water partition coefficient (Wildman–Crippen LogP) is 2.62. The number of hydrogen-bond acceptors (Lipinski definition) is 2. The molecule has 1 aromatic heterocycles. The number of imidazole rings is 1. The minimum Gasteiger partial charge on any atom is -0.340 e. The first-order valence-electron chi connectivity index (χ1n) is 7.53. The van der Waals surface area contributed by atoms with Crippen LogP contribution in [0.2, 0.25) is 0 Å². The maximum absolute atomic E-state index is 12.4. The van der Waals surface area contributed by atoms with Gasteiger partial charge in [0, 0.05) is 18.0 Å². The number of aromatic amines is 1. The average Bonchev–Trinajstić information content (AvgIpc) is 3.09. The number of fused-ring (bicyclic) bond motifs is 1. The number of H-pyrrole nitrogens is 1. The van der Waals surface area contributed by atoms with E-state index in [1.165, 1.54) is 0 Å². The fraction of sp³-hybridized carbons (Fsp3) is 0.412. The molecule has 2 heterocycles. The summed E-state index contributed by atoms with van der Waals surface area (Å²) in [4.78, 5) is 22.4. The number of carbonyl (C=O) groups excluding carboxylic acids is 1. The monoisotopic (exact) mass is 279 g/mol. The van der Waals surface area contributed by atoms with Gasteiger partial charge < -0.3 is 9.88 Å². The first-order valence-corrected chi connectivity index (χ1v) is 7.53. The molecule has 1 saturated heterocycles. The van der Waals surface area contributed by atoms with Gasteiger partial charge in [0.25, 0.3) is 0 Å². The van der Waals surface area contributed by atoms with Crippen LogP contribution in [0.5, 0.6) is 0 Å². The molecule has 4 heteroatoms. The van der Waals surface area contributed by atoms with Crippen LogP contribution in [0.3, 0.4) is 0 Å². The van der Waals surface area contributed by atoms with Crippen molar-refractivity contribution in [3.8, 4) is 12.3 Å². The Balaban J connectivity index is 1.68. The normalized spacial score (nSPS) is 21.7. The largest absolute Gasteiger partial charge is 0.340 e. The van der Waals surface area contributed by atoms with E-state index in [-0.39, 0.29) is 12.0 Å². The molecule has 2 aliphatic rings. The number of aromatic nitrogens is 2. The van der Waals surface area contributed by atoms with Gasteiger partial charge in [-0.2, -0.15) is 0 Å². The summed E-state index contributed by atoms with van der Waals surface area (Å²) >= 11 is 0. The number of benzene rings is 1. The number of terminal acetylenes is 1. The third-order valence-corrected chi connectivity index (χ3v) is 4.44. The summed E-state index contributed by atoms with van der Waals surface area (Å²) in [6.07, 6.45) is 9.57. The molecule has 1 atom stereocenters. The lowest BCUT2D eigenvalue weighted by Gasteiger charge is -2.23. The molecule has 0 radical (unpaired) electrons. The van der Waals surface area contributed by atoms with Crippen molar-refractivity contribution in [1.29, 1.82) is 0 Å². The molecule has 1 amide bonds. The molecule has 2 fully saturated rings. The lowest BCUT2D eigenvalue weighted by molar-refractivity contribution is -0.133. The van der Waals surface area contributed by atoms with Crippen molar-refractivity contribution in [3.63, 3.8) is 0 Å². The third-order valence-electron chi connectivity index (χ3n) is 4.44. The lowest BCUT2D eigenvalue weighted by Crippen LogP contribution is -2.32. The van der Waals surface area contributed by atoms with Crippen LogP contribution in [-0.2, 0) is 4.79 Å². The summed E-state index contributed by atoms with van der Waals surface area (Å²) in [5.41, 5.74) is 2.70. The van der Waals surface area contributed by atoms with Crippen LogP contribution in [0.15, 0.2) is 18.2 Å². The van der Waals surface area contributed by atoms with Gasteiger partial charge in [0.15, 0.2) is 0 Å². The van der Waals surface area contributed by atoms with E-state index in [4.69, 9.17) is 6.42 Å². The predicted molar refractivity (Wildman–Crippen MR) is 80.4 cm³/mol. The SMILES string of the molecule is C#Cc1ccc2nc([C@@H]3CCCN3C(=O)C3CC3)[nH]c2c1. The van der Waals surface area contributed by atoms with Gasteiger partial charge >= 0.3 is 0 Å². The summed E-state index contributed by atoms with van der Waals surface area (Å²) in [6.45, 7) is 0.854. The van der Waals surface area contributed by atoms with Gasteiger partial charge in [-0.25, -0.2) is 4.98 Å². The highest BCUT2D eigenvalue weighted by Crippen LogP contribution is 2.38. The Morgan fingerprint density at radius 1 is 1.38 bits per heavy atom. The van der Waals surface area contributed by atoms with E-state index in [0.29, 0.717) is 5.91 Å². The Morgan fingerprint density at radius 3 is 3.00 bits per heavy atom. The quantitative estimate of drug-likeness (QED) is 0.859. The van der Waals surface area contributed by atoms with Gasteiger partial charge in [-0.1, -0.05) is 5.92 Å². The Labute approximate surface area is 123 Å². The minimum atomic E-state index is 0.0970. The first-order chi connectivity index (χ1) is 10.3. The molecule has 0 unspecified atom stereocenters. The summed E-state index contributed by atoms with van der Waals surface area (Å²) in [5.74, 6) is 4.10. The second kappa shape index (κ2) is 4.63. The highest BCUT2D eigenvalue weighted by molar-refractivity contribution is 5.82. The van der Waals surface area contributed by atoms with Crippen LogP contribution < -0.4 is 0 Å². The van der Waals surface area contributed by atoms with E-state index in [1.54, 1.807) is 0 Å². The molecule has 21 heavy (non-hydrogen) atoms. The maximum Gasteiger partial charge on any atom is 0.226 e. The topological polar surface area (TPSA) is 49.0 Å². The number of nitrogens with one attached hydrogen (secondary N) is 1. The van der Waals surface area contributed by atoms with Gasteiger partial charge in [0.2, 0.25) is 5.91 Å². The summed E-state index contributed by atoms with van der Waals surface area (Å²) in [6, 6.07) is 5.87. The molecule has 4 nitrogen and oxygen atoms in total. The molecule has 106 valence electrons. The van der Waals surface area contributed by atoms with Crippen molar-refractivity contribution in [2.45, 2.75) is 31.7 Å². The van der Waals surface area contributed by atoms with E-state index in [0.717, 1.165) is 54.6 Å². The molecule has 0 spiro atoms. The summed E-state index contributed by atoms with van der Waals surface area (Å²) in [5, 5.41) is 0. The molecular weight excluding hydrogens is 262 g/mol. The van der Waals surface area contributed by atoms with Crippen LogP contribution in [0.4, 0.5) is 0 Å². The Bertz CT molecular complexity index is 751. The molecule has 1 aromatic carbocycles. The van der Waals surface area contributed by atoms with Crippen molar-refractivity contribution in [2.75, 3.05) is 6.54 Å². The van der Waals surface area contributed by atoms with Gasteiger partial charge in [0.05, 0.1) is 17.1 Å². The summed E-state index contributed by atoms with van der Waals surface area (Å²) < 4.78 is 0. The number of amides is 1. The molecule has 1 saturated carbocycles. The summed E-state index contributed by atoms with van der Waals surface area (Å²) in [7, 11) is 0. The van der Waals surface area contributed by atoms with Gasteiger partial charge in [0.1, 0.15) is 5.82 Å². The fourth-order valence-corrected chi connectivity index (χ4v) is 3.16. The number of rotatable bonds is 2. The van der Waals surface area contributed by atoms with E-state index in [2.05, 4.69) is 15.9 Å². The van der Waals surface area contributed by atoms with E-state index in [1.807, 2.05) is 23.1 Å². The zero-order valence-corrected chi connectivity index (χ0v) is 11.8. The van der Waals surface area contributed by atoms with Crippen LogP contribution >= 0.6 is 0 Å². The number of carbonyl (C=O) groups is 1. The van der Waals surface area contributed by atoms with Gasteiger partial charge in [-0.3, -0.25) is 4.79 Å². The standard InChI is InChI=1S/C17H17N3O/c1-2-11-5-8-13-14(10-11)19-16(18-13)15-4-3-9-20(15)17(21)12-6-7-12/h1,5,8,10,12,15H,3-4,6-7,9H2,(H,18,19)/t15-/m0/s1. The zero-order valence-electron chi connectivity index (χ0n) is 11.8. The Morgan fingerprint density at radius 2 is 2.24 bits per heavy atom. The molecule has 1 N–H and O–H groups in total. The van der Waals surface area contributed by atoms with Crippen molar-refractivity contribution in [3.05, 3.63) is 29.6 Å². The van der Waals surface area contributed by atoms with Crippen LogP contribution in [0, 0.1) is 18.3 Å². The molecule has 0 bridgehead atoms. The number of likely N-dealkylation sites (tertiary alicyclic amines) is 1. The first kappa shape index (κ1) is 12.5. The van der Waals surface area contributed by atoms with Crippen molar-refractivity contribution < 1.29 is 4.79 Å². The highest BCUT2D eigenvalue weighted by Gasteiger charge is 2.39. The second-order valence-corrected chi connectivity index (χ2v) is 5.96. The smallest absolute Gasteiger partial charge is 0.226 e. The highest BCUT2D eigenvalue weighted by atomic mass is 16.2. The van der Waals surface area contributed by atoms with Crippen molar-refractivity contribution in [1.82, 2.24) is 14.9 Å². The molecule has 1 aliphatic carbocycles. The van der Waals surface area contributed by atoms with Crippen LogP contribution in [0.25, 0.3) is 11.0 Å². The van der Waals surface area contributed by atoms with Crippen molar-refractivity contribution in [2.24, 2.45) is 5.92 Å².